The second kappa shape index (κ2) is 7.26. The Balaban J connectivity index is 1.91. The number of aryl methyl sites for hydroxylation is 2. The van der Waals surface area contributed by atoms with Gasteiger partial charge in [-0.05, 0) is 36.6 Å². The summed E-state index contributed by atoms with van der Waals surface area (Å²) in [6, 6.07) is 18.2. The average molecular weight is 334 g/mol. The lowest BCUT2D eigenvalue weighted by molar-refractivity contribution is 0.102. The van der Waals surface area contributed by atoms with Crippen LogP contribution >= 0.6 is 0 Å². The molecule has 0 unspecified atom stereocenters. The number of hydrogen-bond donors (Lipinski definition) is 1. The average Bonchev–Trinajstić information content (AvgIpc) is 2.64. The zero-order valence-electron chi connectivity index (χ0n) is 14.2. The number of hydrogen-bond acceptors (Lipinski definition) is 2. The van der Waals surface area contributed by atoms with Crippen LogP contribution in [0, 0.1) is 12.7 Å². The molecule has 3 nitrogen and oxygen atoms in total. The van der Waals surface area contributed by atoms with Gasteiger partial charge in [0.25, 0.3) is 5.91 Å². The first-order valence-corrected chi connectivity index (χ1v) is 8.22. The third kappa shape index (κ3) is 3.58. The van der Waals surface area contributed by atoms with Crippen molar-refractivity contribution in [1.82, 2.24) is 4.98 Å². The molecule has 0 bridgehead atoms. The van der Waals surface area contributed by atoms with E-state index in [9.17, 15) is 9.18 Å². The molecule has 25 heavy (non-hydrogen) atoms. The van der Waals surface area contributed by atoms with Gasteiger partial charge in [-0.25, -0.2) is 9.37 Å². The van der Waals surface area contributed by atoms with Crippen LogP contribution in [0.1, 0.15) is 28.5 Å². The SMILES string of the molecule is CCc1cccc(NC(=O)c2ccc(C)c(-c3ccccc3)n2)c1F. The molecule has 126 valence electrons. The van der Waals surface area contributed by atoms with Gasteiger partial charge >= 0.3 is 0 Å². The third-order valence-corrected chi connectivity index (χ3v) is 4.08. The molecule has 0 aliphatic heterocycles. The van der Waals surface area contributed by atoms with Gasteiger partial charge in [0.2, 0.25) is 0 Å². The summed E-state index contributed by atoms with van der Waals surface area (Å²) in [5.41, 5.74) is 3.66. The molecular formula is C21H19FN2O. The zero-order chi connectivity index (χ0) is 17.8. The van der Waals surface area contributed by atoms with Crippen LogP contribution in [0.4, 0.5) is 10.1 Å². The van der Waals surface area contributed by atoms with Crippen LogP contribution in [-0.4, -0.2) is 10.9 Å². The Morgan fingerprint density at radius 2 is 1.80 bits per heavy atom. The first kappa shape index (κ1) is 16.8. The summed E-state index contributed by atoms with van der Waals surface area (Å²) in [5.74, 6) is -0.821. The van der Waals surface area contributed by atoms with Crippen LogP contribution in [-0.2, 0) is 6.42 Å². The molecule has 0 atom stereocenters. The maximum absolute atomic E-state index is 14.3. The van der Waals surface area contributed by atoms with Crippen molar-refractivity contribution in [3.63, 3.8) is 0 Å². The van der Waals surface area contributed by atoms with Gasteiger partial charge in [0.15, 0.2) is 0 Å². The van der Waals surface area contributed by atoms with Crippen LogP contribution in [0.15, 0.2) is 60.7 Å². The van der Waals surface area contributed by atoms with Crippen molar-refractivity contribution in [2.75, 3.05) is 5.32 Å². The molecule has 2 aromatic carbocycles. The predicted molar refractivity (Wildman–Crippen MR) is 98.1 cm³/mol. The molecule has 1 aromatic heterocycles. The summed E-state index contributed by atoms with van der Waals surface area (Å²) in [5, 5.41) is 2.62. The Bertz CT molecular complexity index is 907. The number of carbonyl (C=O) groups is 1. The zero-order valence-corrected chi connectivity index (χ0v) is 14.2. The van der Waals surface area contributed by atoms with Gasteiger partial charge in [0, 0.05) is 5.56 Å². The molecule has 0 spiro atoms. The summed E-state index contributed by atoms with van der Waals surface area (Å²) in [7, 11) is 0. The van der Waals surface area contributed by atoms with E-state index in [1.165, 1.54) is 0 Å². The maximum Gasteiger partial charge on any atom is 0.274 e. The highest BCUT2D eigenvalue weighted by Crippen LogP contribution is 2.22. The highest BCUT2D eigenvalue weighted by atomic mass is 19.1. The van der Waals surface area contributed by atoms with Gasteiger partial charge < -0.3 is 5.32 Å². The summed E-state index contributed by atoms with van der Waals surface area (Å²) in [6.07, 6.45) is 0.566. The lowest BCUT2D eigenvalue weighted by Gasteiger charge is -2.11. The summed E-state index contributed by atoms with van der Waals surface area (Å²) >= 11 is 0. The van der Waals surface area contributed by atoms with Crippen molar-refractivity contribution < 1.29 is 9.18 Å². The standard InChI is InChI=1S/C21H19FN2O/c1-3-15-10-7-11-17(19(15)22)24-21(25)18-13-12-14(2)20(23-18)16-8-5-4-6-9-16/h4-13H,3H2,1-2H3,(H,24,25). The molecule has 0 saturated heterocycles. The molecule has 0 fully saturated rings. The van der Waals surface area contributed by atoms with E-state index >= 15 is 0 Å². The highest BCUT2D eigenvalue weighted by molar-refractivity contribution is 6.03. The molecule has 0 aliphatic carbocycles. The molecule has 0 radical (unpaired) electrons. The number of nitrogens with one attached hydrogen (secondary N) is 1. The van der Waals surface area contributed by atoms with Gasteiger partial charge in [0.05, 0.1) is 11.4 Å². The molecule has 3 rings (SSSR count). The molecule has 1 heterocycles. The van der Waals surface area contributed by atoms with Crippen LogP contribution in [0.5, 0.6) is 0 Å². The number of aromatic nitrogens is 1. The number of rotatable bonds is 4. The Morgan fingerprint density at radius 3 is 2.52 bits per heavy atom. The fraction of sp³-hybridized carbons (Fsp3) is 0.143. The molecular weight excluding hydrogens is 315 g/mol. The van der Waals surface area contributed by atoms with E-state index in [2.05, 4.69) is 10.3 Å². The van der Waals surface area contributed by atoms with Crippen molar-refractivity contribution >= 4 is 11.6 Å². The van der Waals surface area contributed by atoms with Crippen LogP contribution in [0.25, 0.3) is 11.3 Å². The van der Waals surface area contributed by atoms with E-state index in [0.29, 0.717) is 12.0 Å². The normalized spacial score (nSPS) is 10.5. The van der Waals surface area contributed by atoms with Crippen molar-refractivity contribution in [2.24, 2.45) is 0 Å². The number of pyridine rings is 1. The number of halogens is 1. The largest absolute Gasteiger partial charge is 0.318 e. The van der Waals surface area contributed by atoms with Crippen LogP contribution < -0.4 is 5.32 Å². The van der Waals surface area contributed by atoms with E-state index in [4.69, 9.17) is 0 Å². The van der Waals surface area contributed by atoms with Gasteiger partial charge in [-0.2, -0.15) is 0 Å². The first-order chi connectivity index (χ1) is 12.1. The van der Waals surface area contributed by atoms with E-state index in [-0.39, 0.29) is 11.4 Å². The smallest absolute Gasteiger partial charge is 0.274 e. The summed E-state index contributed by atoms with van der Waals surface area (Å²) in [4.78, 5) is 17.0. The quantitative estimate of drug-likeness (QED) is 0.728. The second-order valence-corrected chi connectivity index (χ2v) is 5.81. The van der Waals surface area contributed by atoms with Crippen molar-refractivity contribution in [2.45, 2.75) is 20.3 Å². The third-order valence-electron chi connectivity index (χ3n) is 4.08. The van der Waals surface area contributed by atoms with Crippen molar-refractivity contribution in [1.29, 1.82) is 0 Å². The minimum atomic E-state index is -0.427. The Labute approximate surface area is 146 Å². The number of carbonyl (C=O) groups excluding carboxylic acids is 1. The van der Waals surface area contributed by atoms with Crippen LogP contribution in [0.2, 0.25) is 0 Å². The minimum Gasteiger partial charge on any atom is -0.318 e. The van der Waals surface area contributed by atoms with Gasteiger partial charge in [-0.15, -0.1) is 0 Å². The van der Waals surface area contributed by atoms with Gasteiger partial charge in [-0.3, -0.25) is 4.79 Å². The Kier molecular flexibility index (Phi) is 4.89. The van der Waals surface area contributed by atoms with Crippen LogP contribution in [0.3, 0.4) is 0 Å². The number of anilines is 1. The van der Waals surface area contributed by atoms with Crippen molar-refractivity contribution in [3.8, 4) is 11.3 Å². The molecule has 1 amide bonds. The topological polar surface area (TPSA) is 42.0 Å². The predicted octanol–water partition coefficient (Wildman–Crippen LogP) is 5.01. The van der Waals surface area contributed by atoms with Gasteiger partial charge in [0.1, 0.15) is 11.5 Å². The van der Waals surface area contributed by atoms with E-state index in [0.717, 1.165) is 16.8 Å². The fourth-order valence-electron chi connectivity index (χ4n) is 2.68. The number of benzene rings is 2. The van der Waals surface area contributed by atoms with Gasteiger partial charge in [-0.1, -0.05) is 55.5 Å². The summed E-state index contributed by atoms with van der Waals surface area (Å²) in [6.45, 7) is 3.82. The molecule has 1 N–H and O–H groups in total. The minimum absolute atomic E-state index is 0.174. The fourth-order valence-corrected chi connectivity index (χ4v) is 2.68. The molecule has 0 saturated carbocycles. The highest BCUT2D eigenvalue weighted by Gasteiger charge is 2.14. The Morgan fingerprint density at radius 1 is 1.04 bits per heavy atom. The second-order valence-electron chi connectivity index (χ2n) is 5.81. The maximum atomic E-state index is 14.3. The molecule has 4 heteroatoms. The monoisotopic (exact) mass is 334 g/mol. The number of nitrogens with zero attached hydrogens (tertiary/aromatic N) is 1. The molecule has 0 aliphatic rings. The van der Waals surface area contributed by atoms with Crippen molar-refractivity contribution in [3.05, 3.63) is 83.3 Å². The number of amides is 1. The van der Waals surface area contributed by atoms with E-state index < -0.39 is 11.7 Å². The van der Waals surface area contributed by atoms with E-state index in [1.807, 2.05) is 50.2 Å². The lowest BCUT2D eigenvalue weighted by Crippen LogP contribution is -2.15. The Hall–Kier alpha value is -3.01. The lowest BCUT2D eigenvalue weighted by atomic mass is 10.1. The van der Waals surface area contributed by atoms with E-state index in [1.54, 1.807) is 24.3 Å². The summed E-state index contributed by atoms with van der Waals surface area (Å²) < 4.78 is 14.3. The first-order valence-electron chi connectivity index (χ1n) is 8.22. The molecule has 3 aromatic rings.